The summed E-state index contributed by atoms with van der Waals surface area (Å²) in [5.41, 5.74) is 2.62. The lowest BCUT2D eigenvalue weighted by molar-refractivity contribution is 0.342. The van der Waals surface area contributed by atoms with Crippen LogP contribution in [0.2, 0.25) is 0 Å². The number of phenols is 1. The molecule has 0 aliphatic carbocycles. The van der Waals surface area contributed by atoms with E-state index in [0.29, 0.717) is 11.8 Å². The van der Waals surface area contributed by atoms with Crippen molar-refractivity contribution in [2.24, 2.45) is 0 Å². The molecule has 0 amide bonds. The molecule has 0 bridgehead atoms. The average molecular weight is 283 g/mol. The van der Waals surface area contributed by atoms with Gasteiger partial charge in [0.1, 0.15) is 5.75 Å². The Morgan fingerprint density at radius 1 is 1.00 bits per heavy atom. The molecule has 21 heavy (non-hydrogen) atoms. The maximum absolute atomic E-state index is 9.42. The van der Waals surface area contributed by atoms with E-state index in [-0.39, 0.29) is 5.41 Å². The molecule has 1 unspecified atom stereocenters. The van der Waals surface area contributed by atoms with E-state index in [2.05, 4.69) is 56.4 Å². The summed E-state index contributed by atoms with van der Waals surface area (Å²) in [6, 6.07) is 18.5. The number of rotatable bonds is 6. The second-order valence-electron chi connectivity index (χ2n) is 6.07. The zero-order valence-corrected chi connectivity index (χ0v) is 13.1. The summed E-state index contributed by atoms with van der Waals surface area (Å²) in [7, 11) is 0. The van der Waals surface area contributed by atoms with Gasteiger partial charge in [-0.05, 0) is 36.2 Å². The fourth-order valence-electron chi connectivity index (χ4n) is 2.77. The highest BCUT2D eigenvalue weighted by Crippen LogP contribution is 2.29. The normalized spacial score (nSPS) is 13.1. The molecule has 0 aromatic heterocycles. The van der Waals surface area contributed by atoms with E-state index in [1.165, 1.54) is 11.1 Å². The molecule has 0 aliphatic heterocycles. The van der Waals surface area contributed by atoms with Crippen LogP contribution >= 0.6 is 0 Å². The largest absolute Gasteiger partial charge is 0.508 e. The molecule has 0 saturated carbocycles. The van der Waals surface area contributed by atoms with Crippen LogP contribution in [0.25, 0.3) is 0 Å². The summed E-state index contributed by atoms with van der Waals surface area (Å²) in [6.45, 7) is 7.66. The third-order valence-electron chi connectivity index (χ3n) is 4.22. The van der Waals surface area contributed by atoms with E-state index < -0.39 is 0 Å². The van der Waals surface area contributed by atoms with Gasteiger partial charge >= 0.3 is 0 Å². The van der Waals surface area contributed by atoms with Gasteiger partial charge in [0.05, 0.1) is 0 Å². The molecule has 0 fully saturated rings. The monoisotopic (exact) mass is 283 g/mol. The van der Waals surface area contributed by atoms with Crippen molar-refractivity contribution in [1.29, 1.82) is 0 Å². The molecule has 2 heteroatoms. The zero-order valence-electron chi connectivity index (χ0n) is 13.1. The summed E-state index contributed by atoms with van der Waals surface area (Å²) in [5.74, 6) is 0.320. The summed E-state index contributed by atoms with van der Waals surface area (Å²) in [4.78, 5) is 0. The first-order valence-electron chi connectivity index (χ1n) is 7.61. The lowest BCUT2D eigenvalue weighted by atomic mass is 9.75. The van der Waals surface area contributed by atoms with E-state index in [1.807, 2.05) is 12.1 Å². The highest BCUT2D eigenvalue weighted by molar-refractivity contribution is 5.30. The fourth-order valence-corrected chi connectivity index (χ4v) is 2.77. The Bertz CT molecular complexity index is 546. The predicted molar refractivity (Wildman–Crippen MR) is 88.7 cm³/mol. The van der Waals surface area contributed by atoms with Gasteiger partial charge in [0.15, 0.2) is 0 Å². The maximum Gasteiger partial charge on any atom is 0.115 e. The Labute approximate surface area is 127 Å². The van der Waals surface area contributed by atoms with Crippen molar-refractivity contribution in [3.05, 3.63) is 65.7 Å². The van der Waals surface area contributed by atoms with Crippen molar-refractivity contribution < 1.29 is 5.11 Å². The molecule has 2 rings (SSSR count). The lowest BCUT2D eigenvalue weighted by Crippen LogP contribution is -2.46. The van der Waals surface area contributed by atoms with Crippen LogP contribution < -0.4 is 5.32 Å². The van der Waals surface area contributed by atoms with Crippen molar-refractivity contribution in [3.8, 4) is 5.75 Å². The molecule has 0 saturated heterocycles. The number of aromatic hydroxyl groups is 1. The topological polar surface area (TPSA) is 32.3 Å². The third kappa shape index (κ3) is 3.85. The van der Waals surface area contributed by atoms with Crippen LogP contribution in [0.3, 0.4) is 0 Å². The number of benzene rings is 2. The first-order valence-corrected chi connectivity index (χ1v) is 7.61. The van der Waals surface area contributed by atoms with Gasteiger partial charge in [0, 0.05) is 11.5 Å². The van der Waals surface area contributed by atoms with Gasteiger partial charge < -0.3 is 10.4 Å². The minimum atomic E-state index is 0.0369. The minimum Gasteiger partial charge on any atom is -0.508 e. The number of phenolic OH excluding ortho intramolecular Hbond substituents is 1. The summed E-state index contributed by atoms with van der Waals surface area (Å²) in [6.07, 6.45) is 0.940. The lowest BCUT2D eigenvalue weighted by Gasteiger charge is -2.36. The summed E-state index contributed by atoms with van der Waals surface area (Å²) < 4.78 is 0. The minimum absolute atomic E-state index is 0.0369. The van der Waals surface area contributed by atoms with Crippen LogP contribution in [0.5, 0.6) is 5.75 Å². The van der Waals surface area contributed by atoms with E-state index in [1.54, 1.807) is 12.1 Å². The summed E-state index contributed by atoms with van der Waals surface area (Å²) >= 11 is 0. The van der Waals surface area contributed by atoms with Crippen LogP contribution in [0.1, 0.15) is 31.9 Å². The molecule has 2 N–H and O–H groups in total. The second kappa shape index (κ2) is 6.77. The highest BCUT2D eigenvalue weighted by Gasteiger charge is 2.30. The molecule has 112 valence electrons. The van der Waals surface area contributed by atoms with Gasteiger partial charge in [0.25, 0.3) is 0 Å². The molecule has 0 radical (unpaired) electrons. The SMILES string of the molecule is CCNC(Cc1ccc(O)cc1)C(C)(C)c1ccccc1. The van der Waals surface area contributed by atoms with Gasteiger partial charge in [-0.15, -0.1) is 0 Å². The van der Waals surface area contributed by atoms with Gasteiger partial charge in [-0.25, -0.2) is 0 Å². The average Bonchev–Trinajstić information content (AvgIpc) is 2.50. The van der Waals surface area contributed by atoms with Crippen molar-refractivity contribution in [3.63, 3.8) is 0 Å². The number of hydrogen-bond acceptors (Lipinski definition) is 2. The molecule has 2 aromatic rings. The summed E-state index contributed by atoms with van der Waals surface area (Å²) in [5, 5.41) is 13.0. The van der Waals surface area contributed by atoms with Gasteiger partial charge in [0.2, 0.25) is 0 Å². The van der Waals surface area contributed by atoms with Crippen molar-refractivity contribution >= 4 is 0 Å². The van der Waals surface area contributed by atoms with E-state index in [4.69, 9.17) is 0 Å². The van der Waals surface area contributed by atoms with Crippen LogP contribution in [-0.4, -0.2) is 17.7 Å². The molecular formula is C19H25NO. The molecule has 2 nitrogen and oxygen atoms in total. The van der Waals surface area contributed by atoms with Crippen LogP contribution in [-0.2, 0) is 11.8 Å². The van der Waals surface area contributed by atoms with Gasteiger partial charge in [-0.3, -0.25) is 0 Å². The maximum atomic E-state index is 9.42. The first kappa shape index (κ1) is 15.6. The van der Waals surface area contributed by atoms with Crippen molar-refractivity contribution in [2.45, 2.75) is 38.6 Å². The molecule has 0 spiro atoms. The van der Waals surface area contributed by atoms with Crippen LogP contribution in [0, 0.1) is 0 Å². The highest BCUT2D eigenvalue weighted by atomic mass is 16.3. The van der Waals surface area contributed by atoms with E-state index in [9.17, 15) is 5.11 Å². The van der Waals surface area contributed by atoms with E-state index in [0.717, 1.165) is 13.0 Å². The Kier molecular flexibility index (Phi) is 5.03. The fraction of sp³-hybridized carbons (Fsp3) is 0.368. The van der Waals surface area contributed by atoms with Crippen molar-refractivity contribution in [1.82, 2.24) is 5.32 Å². The third-order valence-corrected chi connectivity index (χ3v) is 4.22. The van der Waals surface area contributed by atoms with Gasteiger partial charge in [-0.2, -0.15) is 0 Å². The Balaban J connectivity index is 2.23. The van der Waals surface area contributed by atoms with Crippen LogP contribution in [0.15, 0.2) is 54.6 Å². The number of hydrogen-bond donors (Lipinski definition) is 2. The predicted octanol–water partition coefficient (Wildman–Crippen LogP) is 3.89. The molecule has 0 heterocycles. The number of nitrogens with one attached hydrogen (secondary N) is 1. The Morgan fingerprint density at radius 2 is 1.62 bits per heavy atom. The Morgan fingerprint density at radius 3 is 2.19 bits per heavy atom. The van der Waals surface area contributed by atoms with E-state index >= 15 is 0 Å². The van der Waals surface area contributed by atoms with Crippen LogP contribution in [0.4, 0.5) is 0 Å². The first-order chi connectivity index (χ1) is 10.0. The molecule has 0 aliphatic rings. The Hall–Kier alpha value is -1.80. The molecule has 2 aromatic carbocycles. The zero-order chi connectivity index (χ0) is 15.3. The smallest absolute Gasteiger partial charge is 0.115 e. The molecular weight excluding hydrogens is 258 g/mol. The van der Waals surface area contributed by atoms with Gasteiger partial charge in [-0.1, -0.05) is 63.2 Å². The number of likely N-dealkylation sites (N-methyl/N-ethyl adjacent to an activating group) is 1. The molecule has 1 atom stereocenters. The quantitative estimate of drug-likeness (QED) is 0.843. The second-order valence-corrected chi connectivity index (χ2v) is 6.07. The standard InChI is InChI=1S/C19H25NO/c1-4-20-18(14-15-10-12-17(21)13-11-15)19(2,3)16-8-6-5-7-9-16/h5-13,18,20-21H,4,14H2,1-3H3. The van der Waals surface area contributed by atoms with Crippen molar-refractivity contribution in [2.75, 3.05) is 6.54 Å².